The number of carbonyl (C=O) groups is 2. The first-order valence-corrected chi connectivity index (χ1v) is 8.89. The molecule has 1 atom stereocenters. The van der Waals surface area contributed by atoms with E-state index in [9.17, 15) is 14.7 Å². The zero-order valence-electron chi connectivity index (χ0n) is 13.7. The van der Waals surface area contributed by atoms with Crippen molar-refractivity contribution in [2.75, 3.05) is 6.54 Å². The van der Waals surface area contributed by atoms with Crippen molar-refractivity contribution >= 4 is 34.7 Å². The van der Waals surface area contributed by atoms with Crippen molar-refractivity contribution in [2.24, 2.45) is 0 Å². The predicted molar refractivity (Wildman–Crippen MR) is 96.6 cm³/mol. The molecular formula is C18H20ClNO3S. The van der Waals surface area contributed by atoms with Crippen LogP contribution in [0.2, 0.25) is 5.02 Å². The fraction of sp³-hybridized carbons (Fsp3) is 0.333. The van der Waals surface area contributed by atoms with E-state index in [4.69, 9.17) is 11.6 Å². The Labute approximate surface area is 150 Å². The Kier molecular flexibility index (Phi) is 6.54. The molecule has 0 fully saturated rings. The van der Waals surface area contributed by atoms with Gasteiger partial charge in [0.15, 0.2) is 0 Å². The molecule has 1 aliphatic heterocycles. The summed E-state index contributed by atoms with van der Waals surface area (Å²) in [6, 6.07) is 8.58. The van der Waals surface area contributed by atoms with Crippen molar-refractivity contribution in [3.05, 3.63) is 56.7 Å². The number of aliphatic carboxylic acids is 1. The first kappa shape index (κ1) is 18.6. The van der Waals surface area contributed by atoms with Crippen LogP contribution in [0.3, 0.4) is 0 Å². The average Bonchev–Trinajstić information content (AvgIpc) is 2.96. The van der Waals surface area contributed by atoms with Crippen molar-refractivity contribution in [1.82, 2.24) is 4.90 Å². The van der Waals surface area contributed by atoms with Gasteiger partial charge in [-0.05, 0) is 48.9 Å². The quantitative estimate of drug-likeness (QED) is 0.886. The van der Waals surface area contributed by atoms with Crippen LogP contribution in [0.15, 0.2) is 35.7 Å². The number of carboxylic acid groups (broad SMARTS) is 1. The van der Waals surface area contributed by atoms with Crippen LogP contribution in [0.25, 0.3) is 0 Å². The molecule has 2 heterocycles. The predicted octanol–water partition coefficient (Wildman–Crippen LogP) is 4.18. The highest BCUT2D eigenvalue weighted by molar-refractivity contribution is 7.10. The average molecular weight is 366 g/mol. The zero-order chi connectivity index (χ0) is 17.7. The van der Waals surface area contributed by atoms with Crippen molar-refractivity contribution in [3.63, 3.8) is 0 Å². The van der Waals surface area contributed by atoms with E-state index in [2.05, 4.69) is 11.4 Å². The number of nitrogens with zero attached hydrogens (tertiary/aromatic N) is 1. The zero-order valence-corrected chi connectivity index (χ0v) is 15.2. The van der Waals surface area contributed by atoms with Crippen molar-refractivity contribution in [3.8, 4) is 0 Å². The van der Waals surface area contributed by atoms with Gasteiger partial charge in [0.2, 0.25) is 0 Å². The first-order chi connectivity index (χ1) is 11.4. The van der Waals surface area contributed by atoms with Gasteiger partial charge in [-0.2, -0.15) is 0 Å². The summed E-state index contributed by atoms with van der Waals surface area (Å²) in [7, 11) is 0. The third-order valence-corrected chi connectivity index (χ3v) is 5.00. The van der Waals surface area contributed by atoms with Crippen LogP contribution < -0.4 is 0 Å². The van der Waals surface area contributed by atoms with Crippen LogP contribution in [0.5, 0.6) is 0 Å². The fourth-order valence-electron chi connectivity index (χ4n) is 2.67. The van der Waals surface area contributed by atoms with Crippen LogP contribution in [-0.4, -0.2) is 28.3 Å². The summed E-state index contributed by atoms with van der Waals surface area (Å²) in [5, 5.41) is 12.2. The highest BCUT2D eigenvalue weighted by Gasteiger charge is 2.31. The van der Waals surface area contributed by atoms with Crippen molar-refractivity contribution in [2.45, 2.75) is 32.9 Å². The molecule has 0 aliphatic carbocycles. The van der Waals surface area contributed by atoms with E-state index in [1.807, 2.05) is 17.0 Å². The fourth-order valence-corrected chi connectivity index (χ4v) is 3.80. The van der Waals surface area contributed by atoms with Crippen LogP contribution in [0.4, 0.5) is 0 Å². The molecule has 0 saturated heterocycles. The number of carboxylic acids is 1. The molecule has 1 aromatic carbocycles. The standard InChI is InChI=1S/C15H14ClNO2S.C3H6O/c16-12-4-2-1-3-11(12)14(15(18)19)17-7-5-13-10(9-17)6-8-20-13;1-3(2)4/h1-4,6,8,14H,5,7,9H2,(H,18,19);1-2H3/t14-;/m0./s1. The summed E-state index contributed by atoms with van der Waals surface area (Å²) in [5.74, 6) is -0.684. The number of Topliss-reactive ketones (excluding diaryl/α,β-unsaturated/α-hetero) is 1. The van der Waals surface area contributed by atoms with Crippen molar-refractivity contribution in [1.29, 1.82) is 0 Å². The molecule has 0 saturated carbocycles. The molecule has 0 radical (unpaired) electrons. The molecule has 0 amide bonds. The third-order valence-electron chi connectivity index (χ3n) is 3.64. The van der Waals surface area contributed by atoms with E-state index in [1.165, 1.54) is 24.3 Å². The van der Waals surface area contributed by atoms with Gasteiger partial charge in [-0.3, -0.25) is 9.69 Å². The summed E-state index contributed by atoms with van der Waals surface area (Å²) in [6.45, 7) is 4.47. The third kappa shape index (κ3) is 4.66. The summed E-state index contributed by atoms with van der Waals surface area (Å²) >= 11 is 7.92. The highest BCUT2D eigenvalue weighted by Crippen LogP contribution is 2.33. The van der Waals surface area contributed by atoms with Gasteiger partial charge in [0.25, 0.3) is 0 Å². The minimum atomic E-state index is -0.850. The number of ketones is 1. The Hall–Kier alpha value is -1.69. The molecule has 0 unspecified atom stereocenters. The number of rotatable bonds is 3. The van der Waals surface area contributed by atoms with E-state index in [0.717, 1.165) is 13.0 Å². The summed E-state index contributed by atoms with van der Waals surface area (Å²) in [6.07, 6.45) is 0.904. The molecule has 1 aliphatic rings. The molecule has 6 heteroatoms. The maximum absolute atomic E-state index is 11.7. The topological polar surface area (TPSA) is 57.6 Å². The maximum atomic E-state index is 11.7. The number of halogens is 1. The number of hydrogen-bond donors (Lipinski definition) is 1. The van der Waals surface area contributed by atoms with E-state index >= 15 is 0 Å². The molecule has 2 aromatic rings. The van der Waals surface area contributed by atoms with E-state index < -0.39 is 12.0 Å². The smallest absolute Gasteiger partial charge is 0.325 e. The summed E-state index contributed by atoms with van der Waals surface area (Å²) in [4.78, 5) is 24.5. The largest absolute Gasteiger partial charge is 0.480 e. The lowest BCUT2D eigenvalue weighted by atomic mass is 10.0. The molecule has 128 valence electrons. The molecule has 0 spiro atoms. The Balaban J connectivity index is 0.000000471. The molecule has 24 heavy (non-hydrogen) atoms. The SMILES string of the molecule is CC(C)=O.O=C(O)[C@H](c1ccccc1Cl)N1CCc2sccc2C1. The van der Waals surface area contributed by atoms with Gasteiger partial charge in [-0.1, -0.05) is 29.8 Å². The lowest BCUT2D eigenvalue weighted by Gasteiger charge is -2.32. The van der Waals surface area contributed by atoms with Crippen LogP contribution in [-0.2, 0) is 22.6 Å². The normalized spacial score (nSPS) is 15.0. The molecule has 1 aromatic heterocycles. The van der Waals surface area contributed by atoms with Gasteiger partial charge < -0.3 is 9.90 Å². The van der Waals surface area contributed by atoms with E-state index in [-0.39, 0.29) is 5.78 Å². The van der Waals surface area contributed by atoms with Crippen LogP contribution in [0, 0.1) is 0 Å². The van der Waals surface area contributed by atoms with Gasteiger partial charge >= 0.3 is 5.97 Å². The van der Waals surface area contributed by atoms with Gasteiger partial charge in [0.1, 0.15) is 11.8 Å². The second kappa shape index (κ2) is 8.42. The lowest BCUT2D eigenvalue weighted by molar-refractivity contribution is -0.144. The summed E-state index contributed by atoms with van der Waals surface area (Å²) in [5.41, 5.74) is 1.90. The maximum Gasteiger partial charge on any atom is 0.325 e. The number of thiophene rings is 1. The first-order valence-electron chi connectivity index (χ1n) is 7.64. The molecule has 3 rings (SSSR count). The van der Waals surface area contributed by atoms with Crippen molar-refractivity contribution < 1.29 is 14.7 Å². The second-order valence-corrected chi connectivity index (χ2v) is 7.17. The summed E-state index contributed by atoms with van der Waals surface area (Å²) < 4.78 is 0. The van der Waals surface area contributed by atoms with Crippen LogP contribution >= 0.6 is 22.9 Å². The van der Waals surface area contributed by atoms with Gasteiger partial charge in [-0.15, -0.1) is 11.3 Å². The van der Waals surface area contributed by atoms with Gasteiger partial charge in [0, 0.05) is 23.0 Å². The molecule has 0 bridgehead atoms. The monoisotopic (exact) mass is 365 g/mol. The minimum absolute atomic E-state index is 0.167. The van der Waals surface area contributed by atoms with Crippen LogP contribution in [0.1, 0.15) is 35.9 Å². The second-order valence-electron chi connectivity index (χ2n) is 5.76. The number of benzene rings is 1. The Morgan fingerprint density at radius 2 is 1.92 bits per heavy atom. The number of carbonyl (C=O) groups excluding carboxylic acids is 1. The Morgan fingerprint density at radius 1 is 1.25 bits per heavy atom. The minimum Gasteiger partial charge on any atom is -0.480 e. The number of fused-ring (bicyclic) bond motifs is 1. The number of hydrogen-bond acceptors (Lipinski definition) is 4. The van der Waals surface area contributed by atoms with E-state index in [1.54, 1.807) is 23.5 Å². The van der Waals surface area contributed by atoms with Gasteiger partial charge in [0.05, 0.1) is 0 Å². The molecule has 4 nitrogen and oxygen atoms in total. The van der Waals surface area contributed by atoms with E-state index in [0.29, 0.717) is 17.1 Å². The highest BCUT2D eigenvalue weighted by atomic mass is 35.5. The lowest BCUT2D eigenvalue weighted by Crippen LogP contribution is -2.37. The molecule has 1 N–H and O–H groups in total. The Morgan fingerprint density at radius 3 is 2.54 bits per heavy atom. The van der Waals surface area contributed by atoms with Gasteiger partial charge in [-0.25, -0.2) is 0 Å². The molecular weight excluding hydrogens is 346 g/mol. The Bertz CT molecular complexity index is 725.